The van der Waals surface area contributed by atoms with Crippen LogP contribution in [0.15, 0.2) is 0 Å². The van der Waals surface area contributed by atoms with Gasteiger partial charge in [0.15, 0.2) is 6.04 Å². The van der Waals surface area contributed by atoms with E-state index in [1.807, 2.05) is 0 Å². The first-order valence-electron chi connectivity index (χ1n) is 4.46. The van der Waals surface area contributed by atoms with Crippen LogP contribution in [0.2, 0.25) is 0 Å². The number of carbonyl (C=O) groups excluding carboxylic acids is 1. The van der Waals surface area contributed by atoms with Gasteiger partial charge in [-0.3, -0.25) is 9.63 Å². The van der Waals surface area contributed by atoms with E-state index in [-0.39, 0.29) is 6.61 Å². The summed E-state index contributed by atoms with van der Waals surface area (Å²) in [6, 6.07) is -1.13. The van der Waals surface area contributed by atoms with Crippen LogP contribution in [-0.4, -0.2) is 47.9 Å². The molecule has 0 bridgehead atoms. The number of hydroxylamine groups is 2. The van der Waals surface area contributed by atoms with Crippen LogP contribution in [0.4, 0.5) is 0 Å². The number of amides is 1. The Balaban J connectivity index is 4.59. The maximum absolute atomic E-state index is 10.8. The Kier molecular flexibility index (Phi) is 5.24. The lowest BCUT2D eigenvalue weighted by atomic mass is 10.2. The summed E-state index contributed by atoms with van der Waals surface area (Å²) < 4.78 is 4.70. The zero-order chi connectivity index (χ0) is 12.1. The van der Waals surface area contributed by atoms with Crippen molar-refractivity contribution in [1.82, 2.24) is 5.06 Å². The first-order chi connectivity index (χ1) is 6.81. The first kappa shape index (κ1) is 13.9. The zero-order valence-electron chi connectivity index (χ0n) is 9.39. The number of ether oxygens (including phenoxy) is 1. The molecule has 0 rings (SSSR count). The molecule has 0 fully saturated rings. The highest BCUT2D eigenvalue weighted by Crippen LogP contribution is 2.12. The van der Waals surface area contributed by atoms with Crippen LogP contribution in [0.1, 0.15) is 20.8 Å². The van der Waals surface area contributed by atoms with E-state index >= 15 is 0 Å². The average Bonchev–Trinajstić information content (AvgIpc) is 2.08. The molecule has 0 heterocycles. The Labute approximate surface area is 88.7 Å². The van der Waals surface area contributed by atoms with Gasteiger partial charge in [-0.25, -0.2) is 9.86 Å². The highest BCUT2D eigenvalue weighted by atomic mass is 16.7. The lowest BCUT2D eigenvalue weighted by Crippen LogP contribution is -2.46. The molecule has 0 aromatic carbocycles. The van der Waals surface area contributed by atoms with E-state index in [9.17, 15) is 9.59 Å². The van der Waals surface area contributed by atoms with E-state index in [0.29, 0.717) is 6.41 Å². The summed E-state index contributed by atoms with van der Waals surface area (Å²) in [4.78, 5) is 26.7. The monoisotopic (exact) mass is 219 g/mol. The van der Waals surface area contributed by atoms with E-state index in [4.69, 9.17) is 14.7 Å². The predicted octanol–water partition coefficient (Wildman–Crippen LogP) is 0.274. The molecule has 0 aliphatic rings. The van der Waals surface area contributed by atoms with Crippen LogP contribution in [0.5, 0.6) is 0 Å². The summed E-state index contributed by atoms with van der Waals surface area (Å²) in [5.41, 5.74) is -0.637. The SMILES string of the molecule is COC[C@H](C(=O)O)N(C=O)OC(C)(C)C. The molecule has 0 aromatic rings. The summed E-state index contributed by atoms with van der Waals surface area (Å²) in [6.45, 7) is 5.03. The fourth-order valence-corrected chi connectivity index (χ4v) is 0.886. The Bertz CT molecular complexity index is 223. The first-order valence-corrected chi connectivity index (χ1v) is 4.46. The quantitative estimate of drug-likeness (QED) is 0.512. The number of methoxy groups -OCH3 is 1. The molecule has 15 heavy (non-hydrogen) atoms. The fourth-order valence-electron chi connectivity index (χ4n) is 0.886. The zero-order valence-corrected chi connectivity index (χ0v) is 9.39. The van der Waals surface area contributed by atoms with Gasteiger partial charge in [0, 0.05) is 7.11 Å². The minimum Gasteiger partial charge on any atom is -0.480 e. The van der Waals surface area contributed by atoms with Crippen molar-refractivity contribution in [3.05, 3.63) is 0 Å². The van der Waals surface area contributed by atoms with Crippen molar-refractivity contribution >= 4 is 12.4 Å². The van der Waals surface area contributed by atoms with Gasteiger partial charge >= 0.3 is 5.97 Å². The van der Waals surface area contributed by atoms with Gasteiger partial charge in [0.2, 0.25) is 6.41 Å². The molecule has 1 atom stereocenters. The Morgan fingerprint density at radius 1 is 1.53 bits per heavy atom. The van der Waals surface area contributed by atoms with Gasteiger partial charge in [0.1, 0.15) is 0 Å². The van der Waals surface area contributed by atoms with Crippen molar-refractivity contribution in [2.75, 3.05) is 13.7 Å². The summed E-state index contributed by atoms with van der Waals surface area (Å²) in [5, 5.41) is 9.60. The summed E-state index contributed by atoms with van der Waals surface area (Å²) in [5.74, 6) is -1.17. The number of hydrogen-bond donors (Lipinski definition) is 1. The predicted molar refractivity (Wildman–Crippen MR) is 52.0 cm³/mol. The molecule has 0 aromatic heterocycles. The van der Waals surface area contributed by atoms with Gasteiger partial charge in [-0.1, -0.05) is 0 Å². The van der Waals surface area contributed by atoms with Crippen LogP contribution in [0.3, 0.4) is 0 Å². The van der Waals surface area contributed by atoms with Crippen molar-refractivity contribution in [1.29, 1.82) is 0 Å². The number of carbonyl (C=O) groups is 2. The number of carboxylic acid groups (broad SMARTS) is 1. The highest BCUT2D eigenvalue weighted by Gasteiger charge is 2.29. The molecule has 0 aliphatic heterocycles. The second-order valence-corrected chi connectivity index (χ2v) is 3.98. The van der Waals surface area contributed by atoms with Gasteiger partial charge in [-0.2, -0.15) is 0 Å². The second-order valence-electron chi connectivity index (χ2n) is 3.98. The summed E-state index contributed by atoms with van der Waals surface area (Å²) in [6.07, 6.45) is 0.336. The highest BCUT2D eigenvalue weighted by molar-refractivity contribution is 5.75. The molecule has 0 spiro atoms. The van der Waals surface area contributed by atoms with Crippen LogP contribution >= 0.6 is 0 Å². The molecule has 0 saturated carbocycles. The maximum atomic E-state index is 10.8. The Morgan fingerprint density at radius 2 is 2.07 bits per heavy atom. The van der Waals surface area contributed by atoms with E-state index < -0.39 is 17.6 Å². The average molecular weight is 219 g/mol. The Hall–Kier alpha value is -1.14. The minimum absolute atomic E-state index is 0.121. The van der Waals surface area contributed by atoms with Crippen molar-refractivity contribution in [2.24, 2.45) is 0 Å². The molecule has 6 heteroatoms. The van der Waals surface area contributed by atoms with Crippen molar-refractivity contribution in [3.63, 3.8) is 0 Å². The fraction of sp³-hybridized carbons (Fsp3) is 0.778. The lowest BCUT2D eigenvalue weighted by Gasteiger charge is -2.30. The molecule has 1 amide bonds. The molecule has 6 nitrogen and oxygen atoms in total. The number of hydrogen-bond acceptors (Lipinski definition) is 4. The molecular weight excluding hydrogens is 202 g/mol. The summed E-state index contributed by atoms with van der Waals surface area (Å²) in [7, 11) is 1.36. The molecule has 1 N–H and O–H groups in total. The molecular formula is C9H17NO5. The van der Waals surface area contributed by atoms with Crippen LogP contribution < -0.4 is 0 Å². The summed E-state index contributed by atoms with van der Waals surface area (Å²) >= 11 is 0. The molecule has 0 saturated heterocycles. The minimum atomic E-state index is -1.17. The lowest BCUT2D eigenvalue weighted by molar-refractivity contribution is -0.238. The maximum Gasteiger partial charge on any atom is 0.331 e. The van der Waals surface area contributed by atoms with Crippen LogP contribution in [-0.2, 0) is 19.2 Å². The molecule has 88 valence electrons. The molecule has 0 aliphatic carbocycles. The normalized spacial score (nSPS) is 13.3. The third-order valence-electron chi connectivity index (χ3n) is 1.40. The topological polar surface area (TPSA) is 76.1 Å². The van der Waals surface area contributed by atoms with Crippen molar-refractivity contribution in [3.8, 4) is 0 Å². The van der Waals surface area contributed by atoms with Crippen LogP contribution in [0, 0.1) is 0 Å². The number of nitrogens with zero attached hydrogens (tertiary/aromatic N) is 1. The number of carboxylic acids is 1. The molecule has 0 radical (unpaired) electrons. The van der Waals surface area contributed by atoms with Gasteiger partial charge in [-0.05, 0) is 20.8 Å². The van der Waals surface area contributed by atoms with E-state index in [0.717, 1.165) is 5.06 Å². The van der Waals surface area contributed by atoms with Gasteiger partial charge < -0.3 is 9.84 Å². The van der Waals surface area contributed by atoms with E-state index in [2.05, 4.69) is 0 Å². The largest absolute Gasteiger partial charge is 0.480 e. The smallest absolute Gasteiger partial charge is 0.331 e. The number of aliphatic carboxylic acids is 1. The van der Waals surface area contributed by atoms with Gasteiger partial charge in [0.05, 0.1) is 12.2 Å². The van der Waals surface area contributed by atoms with Crippen LogP contribution in [0.25, 0.3) is 0 Å². The third-order valence-corrected chi connectivity index (χ3v) is 1.40. The van der Waals surface area contributed by atoms with Gasteiger partial charge in [-0.15, -0.1) is 0 Å². The van der Waals surface area contributed by atoms with Crippen molar-refractivity contribution < 1.29 is 24.3 Å². The second kappa shape index (κ2) is 5.67. The Morgan fingerprint density at radius 3 is 2.33 bits per heavy atom. The van der Waals surface area contributed by atoms with E-state index in [1.54, 1.807) is 20.8 Å². The van der Waals surface area contributed by atoms with E-state index in [1.165, 1.54) is 7.11 Å². The standard InChI is InChI=1S/C9H17NO5/c1-9(2,3)15-10(6-11)7(5-14-4)8(12)13/h6-7H,5H2,1-4H3,(H,12,13)/t7-/m1/s1. The third kappa shape index (κ3) is 5.34. The van der Waals surface area contributed by atoms with Gasteiger partial charge in [0.25, 0.3) is 0 Å². The number of rotatable bonds is 6. The molecule has 0 unspecified atom stereocenters. The van der Waals surface area contributed by atoms with Crippen molar-refractivity contribution in [2.45, 2.75) is 32.4 Å².